The minimum Gasteiger partial charge on any atom is -0.756 e. The number of nitrogens with two attached hydrogens (primary N) is 2. The Morgan fingerprint density at radius 1 is 0.847 bits per heavy atom. The van der Waals surface area contributed by atoms with Gasteiger partial charge in [0.1, 0.15) is 48.5 Å². The van der Waals surface area contributed by atoms with Gasteiger partial charge in [-0.05, 0) is 6.42 Å². The second-order valence-electron chi connectivity index (χ2n) is 16.0. The second-order valence-corrected chi connectivity index (χ2v) is 22.0. The third-order valence-corrected chi connectivity index (χ3v) is 16.5. The Labute approximate surface area is 399 Å². The molecule has 12 N–H and O–H groups in total. The molecule has 0 amide bonds. The number of aliphatic hydroxyl groups is 3. The van der Waals surface area contributed by atoms with E-state index in [1.807, 2.05) is 4.98 Å². The average molecular weight is 1110 g/mol. The van der Waals surface area contributed by atoms with Crippen LogP contribution in [-0.2, 0) is 66.2 Å². The summed E-state index contributed by atoms with van der Waals surface area (Å²) in [5.41, 5.74) is 8.83. The number of alkyl halides is 1. The van der Waals surface area contributed by atoms with E-state index in [-0.39, 0.29) is 40.5 Å². The Morgan fingerprint density at radius 3 is 2.17 bits per heavy atom. The van der Waals surface area contributed by atoms with Gasteiger partial charge in [-0.1, -0.05) is 11.9 Å². The highest BCUT2D eigenvalue weighted by Gasteiger charge is 2.53. The van der Waals surface area contributed by atoms with E-state index in [0.29, 0.717) is 4.57 Å². The predicted octanol–water partition coefficient (Wildman–Crippen LogP) is -3.52. The smallest absolute Gasteiger partial charge is 0.490 e. The number of rotatable bonds is 19. The van der Waals surface area contributed by atoms with Gasteiger partial charge < -0.3 is 69.6 Å². The van der Waals surface area contributed by atoms with Crippen LogP contribution in [0.15, 0.2) is 45.6 Å². The first-order valence-electron chi connectivity index (χ1n) is 20.7. The molecule has 40 heteroatoms. The number of nitrogens with zero attached hydrogens (tertiary/aromatic N) is 8. The van der Waals surface area contributed by atoms with Crippen LogP contribution in [0.2, 0.25) is 0 Å². The van der Waals surface area contributed by atoms with Crippen molar-refractivity contribution < 1.29 is 103 Å². The molecule has 8 heterocycles. The SMILES string of the molecule is CC[C@H]1[C@@H](O)[C@H]([n+]2cn(C)c3c(=O)[nH]c(N)nc32)O[C@@H]1COP(=O)(O)OP(=O)(O)OP(=O)(O)OC[C@H]1O[C@@H](n2cnc3c(N)ncnc32)[C@H](F)[C@@H]1OP(=O)([O-])OC[C@H]1O[C@@H](n2ccc(=O)[nH]c2=O)[C@H](O)[C@@H]1O. The fourth-order valence-electron chi connectivity index (χ4n) is 8.11. The summed E-state index contributed by atoms with van der Waals surface area (Å²) in [5, 5.41) is 32.2. The van der Waals surface area contributed by atoms with Gasteiger partial charge in [0.15, 0.2) is 36.4 Å². The highest BCUT2D eigenvalue weighted by molar-refractivity contribution is 7.66. The van der Waals surface area contributed by atoms with E-state index in [0.717, 1.165) is 29.5 Å². The monoisotopic (exact) mass is 1110 g/mol. The molecule has 3 fully saturated rings. The molecule has 0 radical (unpaired) electrons. The van der Waals surface area contributed by atoms with Crippen LogP contribution in [-0.4, -0.2) is 142 Å². The number of H-pyrrole nitrogens is 2. The van der Waals surface area contributed by atoms with Crippen LogP contribution in [0.25, 0.3) is 22.3 Å². The molecular weight excluding hydrogens is 1060 g/mol. The number of phosphoric ester groups is 3. The van der Waals surface area contributed by atoms with Crippen molar-refractivity contribution in [3.05, 3.63) is 62.4 Å². The minimum absolute atomic E-state index is 0.00146. The average Bonchev–Trinajstić information content (AvgIpc) is 4.07. The number of aryl methyl sites for hydroxylation is 1. The van der Waals surface area contributed by atoms with Crippen molar-refractivity contribution in [3.63, 3.8) is 0 Å². The van der Waals surface area contributed by atoms with Crippen LogP contribution in [0.4, 0.5) is 16.2 Å². The summed E-state index contributed by atoms with van der Waals surface area (Å²) in [4.78, 5) is 101. The lowest BCUT2D eigenvalue weighted by molar-refractivity contribution is -0.745. The molecule has 8 rings (SSSR count). The van der Waals surface area contributed by atoms with Crippen LogP contribution in [0.3, 0.4) is 0 Å². The number of anilines is 2. The molecular formula is C32H43FN12O23P4. The molecule has 35 nitrogen and oxygen atoms in total. The molecule has 0 spiro atoms. The highest BCUT2D eigenvalue weighted by atomic mass is 31.3. The zero-order valence-corrected chi connectivity index (χ0v) is 40.2. The van der Waals surface area contributed by atoms with E-state index in [4.69, 9.17) is 43.8 Å². The normalized spacial score (nSPS) is 31.1. The van der Waals surface area contributed by atoms with Crippen LogP contribution < -0.4 is 37.7 Å². The van der Waals surface area contributed by atoms with Gasteiger partial charge in [0.25, 0.3) is 24.9 Å². The summed E-state index contributed by atoms with van der Waals surface area (Å²) in [7, 11) is -22.3. The fraction of sp³-hybridized carbons (Fsp3) is 0.562. The summed E-state index contributed by atoms with van der Waals surface area (Å²) >= 11 is 0. The molecule has 3 saturated heterocycles. The Balaban J connectivity index is 0.923. The number of nitrogen functional groups attached to an aromatic ring is 2. The number of nitrogens with one attached hydrogen (secondary N) is 2. The van der Waals surface area contributed by atoms with Crippen LogP contribution in [0.1, 0.15) is 32.0 Å². The Hall–Kier alpha value is -4.61. The van der Waals surface area contributed by atoms with Crippen LogP contribution >= 0.6 is 31.3 Å². The van der Waals surface area contributed by atoms with Crippen LogP contribution in [0, 0.1) is 5.92 Å². The first-order valence-corrected chi connectivity index (χ1v) is 26.6. The first kappa shape index (κ1) is 53.7. The molecule has 16 atom stereocenters. The van der Waals surface area contributed by atoms with Gasteiger partial charge >= 0.3 is 34.8 Å². The lowest BCUT2D eigenvalue weighted by Gasteiger charge is -2.30. The number of ether oxygens (including phenoxy) is 3. The molecule has 0 aromatic carbocycles. The van der Waals surface area contributed by atoms with E-state index in [1.54, 1.807) is 6.92 Å². The number of halogens is 1. The number of hydrogen-bond donors (Lipinski definition) is 10. The lowest BCUT2D eigenvalue weighted by atomic mass is 9.95. The lowest BCUT2D eigenvalue weighted by Crippen LogP contribution is -2.45. The standard InChI is InChI=1S/C32H43FN12O23P4/c1-3-12-13(63-29(20(12)47)45-11-42(2)19-26(45)40-31(35)41-27(19)50)6-61-70(54,55)67-72(58,59)68-71(56,57)62-8-15-23(17(33)28(65-15)44-10-38-18-24(34)36-9-37-25(18)44)66-69(52,53)60-7-14-21(48)22(49)30(64-14)43-5-4-16(46)39-32(43)51/h4-5,9-15,17,20-23,28-30,47-49H,3,6-8H2,1-2H3,(H9-,34,35,36,37,39,40,41,46,50,51,52,53,54,55,56,57,58,59)/t12-,13-,14-,15-,17-,20-,21-,22-,23-,28-,29-,30-/m1/s1. The Kier molecular flexibility index (Phi) is 15.1. The van der Waals surface area contributed by atoms with E-state index in [9.17, 15) is 67.5 Å². The summed E-state index contributed by atoms with van der Waals surface area (Å²) in [6, 6.07) is 0.891. The van der Waals surface area contributed by atoms with E-state index in [1.165, 1.54) is 22.5 Å². The Morgan fingerprint density at radius 2 is 1.50 bits per heavy atom. The fourth-order valence-corrected chi connectivity index (χ4v) is 12.6. The molecule has 4 unspecified atom stereocenters. The number of imidazole rings is 2. The maximum atomic E-state index is 16.4. The van der Waals surface area contributed by atoms with E-state index < -0.39 is 141 Å². The molecule has 0 aliphatic carbocycles. The minimum atomic E-state index is -6.20. The first-order chi connectivity index (χ1) is 33.7. The number of hydrogen-bond acceptors (Lipinski definition) is 26. The van der Waals surface area contributed by atoms with Crippen LogP contribution in [0.5, 0.6) is 0 Å². The van der Waals surface area contributed by atoms with Crippen molar-refractivity contribution >= 4 is 65.4 Å². The molecule has 72 heavy (non-hydrogen) atoms. The summed E-state index contributed by atoms with van der Waals surface area (Å²) in [6.45, 7) is -1.89. The van der Waals surface area contributed by atoms with E-state index in [2.05, 4.69) is 33.5 Å². The molecule has 0 bridgehead atoms. The van der Waals surface area contributed by atoms with Gasteiger partial charge in [-0.2, -0.15) is 8.62 Å². The van der Waals surface area contributed by atoms with Gasteiger partial charge in [0.05, 0.1) is 39.3 Å². The van der Waals surface area contributed by atoms with Crippen molar-refractivity contribution in [1.82, 2.24) is 43.6 Å². The zero-order valence-electron chi connectivity index (χ0n) is 36.7. The van der Waals surface area contributed by atoms with Gasteiger partial charge in [-0.25, -0.2) is 42.4 Å². The summed E-state index contributed by atoms with van der Waals surface area (Å²) in [5.74, 6) is -1.29. The maximum Gasteiger partial charge on any atom is 0.490 e. The number of fused-ring (bicyclic) bond motifs is 2. The van der Waals surface area contributed by atoms with Crippen molar-refractivity contribution in [2.75, 3.05) is 31.3 Å². The molecule has 5 aromatic rings. The zero-order chi connectivity index (χ0) is 52.4. The van der Waals surface area contributed by atoms with Crippen molar-refractivity contribution in [3.8, 4) is 0 Å². The maximum absolute atomic E-state index is 16.4. The third-order valence-electron chi connectivity index (χ3n) is 11.3. The highest BCUT2D eigenvalue weighted by Crippen LogP contribution is 2.68. The van der Waals surface area contributed by atoms with Gasteiger partial charge in [-0.3, -0.25) is 46.9 Å². The van der Waals surface area contributed by atoms with Gasteiger partial charge in [0, 0.05) is 18.2 Å². The quantitative estimate of drug-likeness (QED) is 0.0283. The largest absolute Gasteiger partial charge is 0.756 e. The predicted molar refractivity (Wildman–Crippen MR) is 227 cm³/mol. The van der Waals surface area contributed by atoms with E-state index >= 15 is 4.39 Å². The molecule has 5 aromatic heterocycles. The number of aliphatic hydroxyl groups excluding tert-OH is 3. The number of phosphoric acid groups is 4. The molecule has 3 aliphatic rings. The number of aromatic nitrogens is 10. The summed E-state index contributed by atoms with van der Waals surface area (Å²) < 4.78 is 117. The number of aromatic amines is 2. The second kappa shape index (κ2) is 20.3. The molecule has 3 aliphatic heterocycles. The van der Waals surface area contributed by atoms with Crippen molar-refractivity contribution in [2.45, 2.75) is 80.9 Å². The summed E-state index contributed by atoms with van der Waals surface area (Å²) in [6.07, 6.45) is -15.8. The third kappa shape index (κ3) is 11.1. The molecule has 396 valence electrons. The van der Waals surface area contributed by atoms with Crippen molar-refractivity contribution in [2.24, 2.45) is 13.0 Å². The van der Waals surface area contributed by atoms with Crippen molar-refractivity contribution in [1.29, 1.82) is 0 Å². The molecule has 0 saturated carbocycles. The Bertz CT molecular complexity index is 3230. The topological polar surface area (TPSA) is 501 Å². The van der Waals surface area contributed by atoms with Gasteiger partial charge in [0.2, 0.25) is 11.7 Å². The van der Waals surface area contributed by atoms with Gasteiger partial charge in [-0.15, -0.1) is 0 Å².